The first kappa shape index (κ1) is 11.3. The van der Waals surface area contributed by atoms with Crippen molar-refractivity contribution < 1.29 is 8.42 Å². The number of benzene rings is 1. The van der Waals surface area contributed by atoms with E-state index in [2.05, 4.69) is 0 Å². The van der Waals surface area contributed by atoms with Crippen LogP contribution in [-0.2, 0) is 10.0 Å². The van der Waals surface area contributed by atoms with E-state index in [4.69, 9.17) is 33.6 Å². The van der Waals surface area contributed by atoms with Gasteiger partial charge in [-0.05, 0) is 12.1 Å². The molecule has 0 fully saturated rings. The molecule has 0 heterocycles. The van der Waals surface area contributed by atoms with Gasteiger partial charge < -0.3 is 0 Å². The fourth-order valence-corrected chi connectivity index (χ4v) is 1.81. The van der Waals surface area contributed by atoms with Gasteiger partial charge in [-0.3, -0.25) is 0 Å². The lowest BCUT2D eigenvalue weighted by atomic mass is 10.2. The Bertz CT molecular complexity index is 519. The second-order valence-corrected chi connectivity index (χ2v) is 4.77. The average molecular weight is 251 g/mol. The lowest BCUT2D eigenvalue weighted by Gasteiger charge is -2.02. The molecule has 0 radical (unpaired) electrons. The summed E-state index contributed by atoms with van der Waals surface area (Å²) in [6, 6.07) is 3.88. The van der Waals surface area contributed by atoms with E-state index in [1.54, 1.807) is 6.07 Å². The number of hydrogen-bond acceptors (Lipinski definition) is 3. The van der Waals surface area contributed by atoms with Gasteiger partial charge in [0.05, 0.1) is 20.5 Å². The molecule has 0 bridgehead atoms. The van der Waals surface area contributed by atoms with Crippen LogP contribution in [0.4, 0.5) is 0 Å². The average Bonchev–Trinajstić information content (AvgIpc) is 2.07. The molecule has 0 atom stereocenters. The molecule has 0 saturated carbocycles. The molecule has 1 aromatic rings. The minimum absolute atomic E-state index is 0.0153. The minimum Gasteiger partial charge on any atom is -0.225 e. The molecular formula is C7H4Cl2N2O2S. The second-order valence-electron chi connectivity index (χ2n) is 2.42. The molecule has 0 saturated heterocycles. The first-order chi connectivity index (χ1) is 6.36. The normalized spacial score (nSPS) is 11.0. The van der Waals surface area contributed by atoms with Crippen LogP contribution in [0.25, 0.3) is 0 Å². The van der Waals surface area contributed by atoms with Gasteiger partial charge in [0.1, 0.15) is 6.07 Å². The quantitative estimate of drug-likeness (QED) is 0.820. The largest absolute Gasteiger partial charge is 0.238 e. The van der Waals surface area contributed by atoms with Crippen LogP contribution in [0.1, 0.15) is 5.56 Å². The molecule has 0 aromatic heterocycles. The molecule has 1 aromatic carbocycles. The Morgan fingerprint density at radius 2 is 1.93 bits per heavy atom. The number of sulfonamides is 1. The van der Waals surface area contributed by atoms with Crippen molar-refractivity contribution in [3.05, 3.63) is 27.7 Å². The molecule has 7 heteroatoms. The molecule has 0 aliphatic carbocycles. The molecule has 74 valence electrons. The number of hydrogen-bond donors (Lipinski definition) is 1. The third kappa shape index (κ3) is 2.16. The van der Waals surface area contributed by atoms with E-state index >= 15 is 0 Å². The van der Waals surface area contributed by atoms with Gasteiger partial charge in [-0.15, -0.1) is 0 Å². The summed E-state index contributed by atoms with van der Waals surface area (Å²) in [5, 5.41) is 13.5. The number of rotatable bonds is 1. The van der Waals surface area contributed by atoms with Gasteiger partial charge in [0.25, 0.3) is 0 Å². The van der Waals surface area contributed by atoms with Crippen LogP contribution in [-0.4, -0.2) is 8.42 Å². The van der Waals surface area contributed by atoms with Gasteiger partial charge in [-0.25, -0.2) is 13.6 Å². The Morgan fingerprint density at radius 3 is 2.36 bits per heavy atom. The van der Waals surface area contributed by atoms with E-state index in [0.29, 0.717) is 0 Å². The van der Waals surface area contributed by atoms with Crippen LogP contribution in [0, 0.1) is 11.3 Å². The van der Waals surface area contributed by atoms with Crippen LogP contribution in [0.2, 0.25) is 10.0 Å². The molecule has 2 N–H and O–H groups in total. The van der Waals surface area contributed by atoms with Crippen molar-refractivity contribution in [3.63, 3.8) is 0 Å². The zero-order chi connectivity index (χ0) is 10.9. The fraction of sp³-hybridized carbons (Fsp3) is 0. The molecule has 0 amide bonds. The summed E-state index contributed by atoms with van der Waals surface area (Å²) in [5.74, 6) is 0. The third-order valence-corrected chi connectivity index (χ3v) is 3.15. The maximum absolute atomic E-state index is 10.9. The van der Waals surface area contributed by atoms with Gasteiger partial charge in [0, 0.05) is 0 Å². The smallest absolute Gasteiger partial charge is 0.225 e. The Balaban J connectivity index is 3.56. The Morgan fingerprint density at radius 1 is 1.36 bits per heavy atom. The predicted octanol–water partition coefficient (Wildman–Crippen LogP) is 1.51. The SMILES string of the molecule is N#Cc1cc(S(N)(=O)=O)cc(Cl)c1Cl. The van der Waals surface area contributed by atoms with Crippen LogP contribution in [0.15, 0.2) is 17.0 Å². The van der Waals surface area contributed by atoms with E-state index < -0.39 is 10.0 Å². The summed E-state index contributed by atoms with van der Waals surface area (Å²) in [4.78, 5) is -0.233. The first-order valence-corrected chi connectivity index (χ1v) is 5.58. The summed E-state index contributed by atoms with van der Waals surface area (Å²) >= 11 is 11.2. The Labute approximate surface area is 90.9 Å². The highest BCUT2D eigenvalue weighted by Gasteiger charge is 2.14. The van der Waals surface area contributed by atoms with Crippen molar-refractivity contribution in [2.75, 3.05) is 0 Å². The van der Waals surface area contributed by atoms with E-state index in [0.717, 1.165) is 12.1 Å². The molecule has 14 heavy (non-hydrogen) atoms. The summed E-state index contributed by atoms with van der Waals surface area (Å²) in [7, 11) is -3.87. The Kier molecular flexibility index (Phi) is 3.02. The van der Waals surface area contributed by atoms with Gasteiger partial charge in [-0.2, -0.15) is 5.26 Å². The van der Waals surface area contributed by atoms with Crippen LogP contribution < -0.4 is 5.14 Å². The zero-order valence-corrected chi connectivity index (χ0v) is 8.99. The van der Waals surface area contributed by atoms with Gasteiger partial charge in [0.15, 0.2) is 0 Å². The van der Waals surface area contributed by atoms with Crippen molar-refractivity contribution in [2.24, 2.45) is 5.14 Å². The van der Waals surface area contributed by atoms with Crippen molar-refractivity contribution in [3.8, 4) is 6.07 Å². The molecule has 0 spiro atoms. The van der Waals surface area contributed by atoms with E-state index in [1.807, 2.05) is 0 Å². The van der Waals surface area contributed by atoms with Crippen LogP contribution in [0.3, 0.4) is 0 Å². The van der Waals surface area contributed by atoms with Crippen molar-refractivity contribution in [1.82, 2.24) is 0 Å². The van der Waals surface area contributed by atoms with E-state index in [1.165, 1.54) is 0 Å². The minimum atomic E-state index is -3.87. The lowest BCUT2D eigenvalue weighted by Crippen LogP contribution is -2.12. The highest BCUT2D eigenvalue weighted by atomic mass is 35.5. The molecule has 0 aliphatic heterocycles. The summed E-state index contributed by atoms with van der Waals surface area (Å²) in [5.41, 5.74) is -0.0248. The number of nitrogens with zero attached hydrogens (tertiary/aromatic N) is 1. The summed E-state index contributed by atoms with van der Waals surface area (Å²) in [6.07, 6.45) is 0. The lowest BCUT2D eigenvalue weighted by molar-refractivity contribution is 0.598. The fourth-order valence-electron chi connectivity index (χ4n) is 0.810. The third-order valence-electron chi connectivity index (χ3n) is 1.45. The number of nitriles is 1. The van der Waals surface area contributed by atoms with Crippen molar-refractivity contribution in [1.29, 1.82) is 5.26 Å². The van der Waals surface area contributed by atoms with E-state index in [9.17, 15) is 8.42 Å². The van der Waals surface area contributed by atoms with Crippen LogP contribution in [0.5, 0.6) is 0 Å². The van der Waals surface area contributed by atoms with Crippen LogP contribution >= 0.6 is 23.2 Å². The second kappa shape index (κ2) is 3.75. The summed E-state index contributed by atoms with van der Waals surface area (Å²) < 4.78 is 21.9. The Hall–Kier alpha value is -0.800. The maximum atomic E-state index is 10.9. The van der Waals surface area contributed by atoms with Gasteiger partial charge >= 0.3 is 0 Å². The number of halogens is 2. The molecule has 1 rings (SSSR count). The zero-order valence-electron chi connectivity index (χ0n) is 6.66. The monoisotopic (exact) mass is 250 g/mol. The molecule has 0 unspecified atom stereocenters. The number of nitrogens with two attached hydrogens (primary N) is 1. The highest BCUT2D eigenvalue weighted by Crippen LogP contribution is 2.28. The standard InChI is InChI=1S/C7H4Cl2N2O2S/c8-6-2-5(14(11,12)13)1-4(3-10)7(6)9/h1-2H,(H2,11,12,13). The van der Waals surface area contributed by atoms with Crippen molar-refractivity contribution >= 4 is 33.2 Å². The molecular weight excluding hydrogens is 247 g/mol. The highest BCUT2D eigenvalue weighted by molar-refractivity contribution is 7.89. The summed E-state index contributed by atoms with van der Waals surface area (Å²) in [6.45, 7) is 0. The predicted molar refractivity (Wildman–Crippen MR) is 52.6 cm³/mol. The number of primary sulfonamides is 1. The first-order valence-electron chi connectivity index (χ1n) is 3.28. The van der Waals surface area contributed by atoms with Gasteiger partial charge in [-0.1, -0.05) is 23.2 Å². The van der Waals surface area contributed by atoms with E-state index in [-0.39, 0.29) is 20.5 Å². The van der Waals surface area contributed by atoms with Crippen molar-refractivity contribution in [2.45, 2.75) is 4.90 Å². The maximum Gasteiger partial charge on any atom is 0.238 e. The molecule has 4 nitrogen and oxygen atoms in total. The molecule has 0 aliphatic rings. The topological polar surface area (TPSA) is 83.9 Å². The van der Waals surface area contributed by atoms with Gasteiger partial charge in [0.2, 0.25) is 10.0 Å².